The summed E-state index contributed by atoms with van der Waals surface area (Å²) in [6.07, 6.45) is 0.809. The fourth-order valence-electron chi connectivity index (χ4n) is 3.06. The van der Waals surface area contributed by atoms with Crippen LogP contribution in [-0.2, 0) is 5.41 Å². The van der Waals surface area contributed by atoms with Gasteiger partial charge in [-0.2, -0.15) is 0 Å². The number of carbonyl (C=O) groups is 1. The summed E-state index contributed by atoms with van der Waals surface area (Å²) < 4.78 is 13.7. The van der Waals surface area contributed by atoms with Crippen LogP contribution in [0.4, 0.5) is 10.1 Å². The van der Waals surface area contributed by atoms with E-state index in [1.807, 2.05) is 13.8 Å². The van der Waals surface area contributed by atoms with Crippen LogP contribution in [0.2, 0.25) is 10.0 Å². The lowest BCUT2D eigenvalue weighted by Gasteiger charge is -2.24. The molecule has 120 valence electrons. The molecule has 0 bridgehead atoms. The zero-order chi connectivity index (χ0) is 16.8. The second-order valence-corrected chi connectivity index (χ2v) is 7.00. The molecule has 1 unspecified atom stereocenters. The monoisotopic (exact) mass is 351 g/mol. The second kappa shape index (κ2) is 5.81. The largest absolute Gasteiger partial charge is 0.307 e. The molecule has 0 radical (unpaired) electrons. The van der Waals surface area contributed by atoms with E-state index in [0.717, 1.165) is 17.7 Å². The molecular weight excluding hydrogens is 336 g/mol. The molecule has 0 saturated heterocycles. The van der Waals surface area contributed by atoms with Gasteiger partial charge in [0, 0.05) is 33.3 Å². The summed E-state index contributed by atoms with van der Waals surface area (Å²) in [5.74, 6) is -0.469. The van der Waals surface area contributed by atoms with Crippen molar-refractivity contribution in [2.75, 3.05) is 11.4 Å². The molecule has 2 aromatic rings. The van der Waals surface area contributed by atoms with Crippen molar-refractivity contribution in [1.29, 1.82) is 0 Å². The van der Waals surface area contributed by atoms with Crippen molar-refractivity contribution in [2.45, 2.75) is 25.7 Å². The Morgan fingerprint density at radius 1 is 1.22 bits per heavy atom. The summed E-state index contributed by atoms with van der Waals surface area (Å²) in [5.41, 5.74) is 1.77. The third kappa shape index (κ3) is 2.84. The number of rotatable bonds is 2. The van der Waals surface area contributed by atoms with Gasteiger partial charge < -0.3 is 4.90 Å². The minimum Gasteiger partial charge on any atom is -0.307 e. The van der Waals surface area contributed by atoms with Crippen molar-refractivity contribution >= 4 is 34.8 Å². The topological polar surface area (TPSA) is 20.3 Å². The lowest BCUT2D eigenvalue weighted by Crippen LogP contribution is -2.35. The van der Waals surface area contributed by atoms with Crippen molar-refractivity contribution in [3.05, 3.63) is 63.4 Å². The van der Waals surface area contributed by atoms with E-state index in [-0.39, 0.29) is 17.1 Å². The molecule has 1 aliphatic rings. The predicted molar refractivity (Wildman–Crippen MR) is 92.2 cm³/mol. The summed E-state index contributed by atoms with van der Waals surface area (Å²) in [5, 5.41) is 0.829. The molecule has 0 saturated carbocycles. The third-order valence-corrected chi connectivity index (χ3v) is 4.98. The Labute approximate surface area is 144 Å². The van der Waals surface area contributed by atoms with Crippen LogP contribution in [-0.4, -0.2) is 12.5 Å². The van der Waals surface area contributed by atoms with Crippen molar-refractivity contribution in [2.24, 2.45) is 0 Å². The molecule has 5 heteroatoms. The normalized spacial score (nSPS) is 19.8. The van der Waals surface area contributed by atoms with Crippen molar-refractivity contribution in [3.63, 3.8) is 0 Å². The van der Waals surface area contributed by atoms with Gasteiger partial charge in [0.15, 0.2) is 0 Å². The minimum atomic E-state index is -0.288. The molecular formula is C18H16Cl2FNO. The highest BCUT2D eigenvalue weighted by atomic mass is 35.5. The molecule has 1 heterocycles. The van der Waals surface area contributed by atoms with Crippen LogP contribution in [0.1, 0.15) is 36.2 Å². The summed E-state index contributed by atoms with van der Waals surface area (Å²) in [4.78, 5) is 14.6. The van der Waals surface area contributed by atoms with E-state index in [0.29, 0.717) is 22.2 Å². The molecule has 3 rings (SSSR count). The molecule has 0 N–H and O–H groups in total. The fraction of sp³-hybridized carbons (Fsp3) is 0.278. The van der Waals surface area contributed by atoms with Gasteiger partial charge in [0.2, 0.25) is 0 Å². The highest BCUT2D eigenvalue weighted by molar-refractivity contribution is 6.35. The number of hydrogen-bond acceptors (Lipinski definition) is 1. The lowest BCUT2D eigenvalue weighted by molar-refractivity contribution is 0.0985. The van der Waals surface area contributed by atoms with Crippen LogP contribution < -0.4 is 4.90 Å². The standard InChI is InChI=1S/C18H16Cl2FNO/c1-3-18(2)10-22(16-5-4-14(21)9-15(16)18)17(23)11-6-12(19)8-13(20)7-11/h4-9H,3,10H2,1-2H3. The van der Waals surface area contributed by atoms with E-state index in [2.05, 4.69) is 0 Å². The number of amides is 1. The number of hydrogen-bond donors (Lipinski definition) is 0. The number of halogens is 3. The molecule has 0 aliphatic carbocycles. The smallest absolute Gasteiger partial charge is 0.258 e. The van der Waals surface area contributed by atoms with Crippen LogP contribution in [0.15, 0.2) is 36.4 Å². The average Bonchev–Trinajstić information content (AvgIpc) is 2.79. The van der Waals surface area contributed by atoms with Crippen LogP contribution in [0.25, 0.3) is 0 Å². The maximum atomic E-state index is 13.7. The van der Waals surface area contributed by atoms with Gasteiger partial charge in [0.1, 0.15) is 5.82 Å². The first-order chi connectivity index (χ1) is 10.8. The molecule has 2 nitrogen and oxygen atoms in total. The zero-order valence-electron chi connectivity index (χ0n) is 12.9. The van der Waals surface area contributed by atoms with Crippen molar-refractivity contribution in [1.82, 2.24) is 0 Å². The molecule has 1 amide bonds. The van der Waals surface area contributed by atoms with Crippen LogP contribution in [0.3, 0.4) is 0 Å². The molecule has 0 fully saturated rings. The highest BCUT2D eigenvalue weighted by Crippen LogP contribution is 2.43. The molecule has 0 aromatic heterocycles. The Bertz CT molecular complexity index is 772. The molecule has 0 spiro atoms. The Kier molecular flexibility index (Phi) is 4.11. The second-order valence-electron chi connectivity index (χ2n) is 6.13. The maximum Gasteiger partial charge on any atom is 0.258 e. The average molecular weight is 352 g/mol. The van der Waals surface area contributed by atoms with E-state index in [4.69, 9.17) is 23.2 Å². The first kappa shape index (κ1) is 16.3. The fourth-order valence-corrected chi connectivity index (χ4v) is 3.59. The van der Waals surface area contributed by atoms with E-state index < -0.39 is 0 Å². The van der Waals surface area contributed by atoms with Crippen LogP contribution in [0, 0.1) is 5.82 Å². The lowest BCUT2D eigenvalue weighted by atomic mass is 9.82. The number of nitrogens with zero attached hydrogens (tertiary/aromatic N) is 1. The SMILES string of the molecule is CCC1(C)CN(C(=O)c2cc(Cl)cc(Cl)c2)c2ccc(F)cc21. The first-order valence-electron chi connectivity index (χ1n) is 7.42. The Morgan fingerprint density at radius 3 is 2.48 bits per heavy atom. The molecule has 1 aliphatic heterocycles. The van der Waals surface area contributed by atoms with Crippen molar-refractivity contribution < 1.29 is 9.18 Å². The van der Waals surface area contributed by atoms with Gasteiger partial charge >= 0.3 is 0 Å². The third-order valence-electron chi connectivity index (χ3n) is 4.54. The quantitative estimate of drug-likeness (QED) is 0.703. The highest BCUT2D eigenvalue weighted by Gasteiger charge is 2.40. The minimum absolute atomic E-state index is 0.181. The molecule has 1 atom stereocenters. The summed E-state index contributed by atoms with van der Waals surface area (Å²) in [6.45, 7) is 4.59. The predicted octanol–water partition coefficient (Wildman–Crippen LogP) is 5.46. The zero-order valence-corrected chi connectivity index (χ0v) is 14.4. The van der Waals surface area contributed by atoms with E-state index >= 15 is 0 Å². The number of benzene rings is 2. The van der Waals surface area contributed by atoms with E-state index in [1.165, 1.54) is 12.1 Å². The summed E-state index contributed by atoms with van der Waals surface area (Å²) in [6, 6.07) is 9.35. The summed E-state index contributed by atoms with van der Waals surface area (Å²) >= 11 is 12.0. The first-order valence-corrected chi connectivity index (χ1v) is 8.17. The molecule has 2 aromatic carbocycles. The molecule has 23 heavy (non-hydrogen) atoms. The number of anilines is 1. The van der Waals surface area contributed by atoms with E-state index in [9.17, 15) is 9.18 Å². The summed E-state index contributed by atoms with van der Waals surface area (Å²) in [7, 11) is 0. The van der Waals surface area contributed by atoms with Gasteiger partial charge in [0.25, 0.3) is 5.91 Å². The van der Waals surface area contributed by atoms with Crippen LogP contribution >= 0.6 is 23.2 Å². The van der Waals surface area contributed by atoms with Gasteiger partial charge in [-0.15, -0.1) is 0 Å². The van der Waals surface area contributed by atoms with E-state index in [1.54, 1.807) is 29.2 Å². The maximum absolute atomic E-state index is 13.7. The Balaban J connectivity index is 2.06. The van der Waals surface area contributed by atoms with Gasteiger partial charge in [0.05, 0.1) is 0 Å². The number of fused-ring (bicyclic) bond motifs is 1. The Hall–Kier alpha value is -1.58. The van der Waals surface area contributed by atoms with Gasteiger partial charge in [-0.25, -0.2) is 4.39 Å². The number of carbonyl (C=O) groups excluding carboxylic acids is 1. The van der Waals surface area contributed by atoms with Crippen LogP contribution in [0.5, 0.6) is 0 Å². The van der Waals surface area contributed by atoms with Gasteiger partial charge in [-0.05, 0) is 48.4 Å². The van der Waals surface area contributed by atoms with Crippen molar-refractivity contribution in [3.8, 4) is 0 Å². The van der Waals surface area contributed by atoms with Gasteiger partial charge in [-0.3, -0.25) is 4.79 Å². The van der Waals surface area contributed by atoms with Gasteiger partial charge in [-0.1, -0.05) is 37.0 Å². The Morgan fingerprint density at radius 2 is 1.87 bits per heavy atom.